The molecule has 3 aromatic rings. The van der Waals surface area contributed by atoms with Gasteiger partial charge in [-0.3, -0.25) is 0 Å². The molecular formula is C15H14N4OS. The van der Waals surface area contributed by atoms with E-state index in [9.17, 15) is 5.11 Å². The summed E-state index contributed by atoms with van der Waals surface area (Å²) in [5.41, 5.74) is 3.73. The number of hydrogen-bond acceptors (Lipinski definition) is 5. The lowest BCUT2D eigenvalue weighted by Crippen LogP contribution is -2.02. The van der Waals surface area contributed by atoms with E-state index < -0.39 is 0 Å². The summed E-state index contributed by atoms with van der Waals surface area (Å²) in [6, 6.07) is 10.1. The first-order valence-electron chi connectivity index (χ1n) is 6.93. The lowest BCUT2D eigenvalue weighted by Gasteiger charge is -2.02. The van der Waals surface area contributed by atoms with E-state index in [1.807, 2.05) is 35.7 Å². The number of thiazole rings is 1. The average Bonchev–Trinajstić information content (AvgIpc) is 3.10. The Kier molecular flexibility index (Phi) is 3.05. The van der Waals surface area contributed by atoms with Crippen molar-refractivity contribution in [2.75, 3.05) is 0 Å². The molecule has 1 fully saturated rings. The van der Waals surface area contributed by atoms with Crippen LogP contribution in [0.1, 0.15) is 30.1 Å². The molecule has 2 aromatic heterocycles. The zero-order valence-corrected chi connectivity index (χ0v) is 12.1. The topological polar surface area (TPSA) is 63.8 Å². The summed E-state index contributed by atoms with van der Waals surface area (Å²) >= 11 is 1.55. The van der Waals surface area contributed by atoms with Crippen LogP contribution < -0.4 is 0 Å². The molecule has 0 bridgehead atoms. The number of nitrogens with zero attached hydrogens (tertiary/aromatic N) is 4. The van der Waals surface area contributed by atoms with Crippen LogP contribution in [0, 0.1) is 0 Å². The van der Waals surface area contributed by atoms with Gasteiger partial charge in [-0.25, -0.2) is 4.98 Å². The van der Waals surface area contributed by atoms with Crippen LogP contribution in [-0.2, 0) is 6.61 Å². The quantitative estimate of drug-likeness (QED) is 0.804. The standard InChI is InChI=1S/C15H14N4OS/c20-8-12-14(11-6-7-11)19(18-17-12)15-16-13(9-21-15)10-4-2-1-3-5-10/h1-5,9,11,20H,6-8H2. The maximum atomic E-state index is 9.41. The third-order valence-corrected chi connectivity index (χ3v) is 4.45. The van der Waals surface area contributed by atoms with Crippen molar-refractivity contribution in [3.63, 3.8) is 0 Å². The lowest BCUT2D eigenvalue weighted by molar-refractivity contribution is 0.275. The van der Waals surface area contributed by atoms with Gasteiger partial charge in [-0.05, 0) is 12.8 Å². The first-order valence-corrected chi connectivity index (χ1v) is 7.81. The lowest BCUT2D eigenvalue weighted by atomic mass is 10.2. The van der Waals surface area contributed by atoms with E-state index in [1.165, 1.54) is 0 Å². The van der Waals surface area contributed by atoms with Crippen LogP contribution in [0.15, 0.2) is 35.7 Å². The zero-order valence-electron chi connectivity index (χ0n) is 11.3. The second-order valence-electron chi connectivity index (χ2n) is 5.15. The number of aliphatic hydroxyl groups excluding tert-OH is 1. The molecule has 0 unspecified atom stereocenters. The fraction of sp³-hybridized carbons (Fsp3) is 0.267. The van der Waals surface area contributed by atoms with Crippen molar-refractivity contribution in [1.82, 2.24) is 20.0 Å². The number of aliphatic hydroxyl groups is 1. The van der Waals surface area contributed by atoms with Crippen LogP contribution in [0.2, 0.25) is 0 Å². The molecule has 1 N–H and O–H groups in total. The summed E-state index contributed by atoms with van der Waals surface area (Å²) in [5.74, 6) is 0.464. The van der Waals surface area contributed by atoms with Crippen molar-refractivity contribution in [3.05, 3.63) is 47.1 Å². The summed E-state index contributed by atoms with van der Waals surface area (Å²) in [6.07, 6.45) is 2.27. The van der Waals surface area contributed by atoms with Crippen LogP contribution in [0.5, 0.6) is 0 Å². The van der Waals surface area contributed by atoms with Crippen LogP contribution in [0.25, 0.3) is 16.4 Å². The third-order valence-electron chi connectivity index (χ3n) is 3.64. The monoisotopic (exact) mass is 298 g/mol. The molecule has 1 aliphatic rings. The number of benzene rings is 1. The predicted molar refractivity (Wildman–Crippen MR) is 80.4 cm³/mol. The van der Waals surface area contributed by atoms with Gasteiger partial charge >= 0.3 is 0 Å². The molecular weight excluding hydrogens is 284 g/mol. The fourth-order valence-corrected chi connectivity index (χ4v) is 3.23. The minimum atomic E-state index is -0.0667. The first kappa shape index (κ1) is 12.7. The molecule has 4 rings (SSSR count). The van der Waals surface area contributed by atoms with Crippen LogP contribution >= 0.6 is 11.3 Å². The zero-order chi connectivity index (χ0) is 14.2. The molecule has 0 saturated heterocycles. The molecule has 5 nitrogen and oxygen atoms in total. The minimum absolute atomic E-state index is 0.0667. The molecule has 6 heteroatoms. The Morgan fingerprint density at radius 3 is 2.76 bits per heavy atom. The molecule has 0 spiro atoms. The van der Waals surface area contributed by atoms with Crippen molar-refractivity contribution < 1.29 is 5.11 Å². The van der Waals surface area contributed by atoms with E-state index in [-0.39, 0.29) is 6.61 Å². The highest BCUT2D eigenvalue weighted by Crippen LogP contribution is 2.42. The van der Waals surface area contributed by atoms with E-state index in [0.717, 1.165) is 34.9 Å². The maximum absolute atomic E-state index is 9.41. The fourth-order valence-electron chi connectivity index (χ4n) is 2.44. The molecule has 1 aromatic carbocycles. The molecule has 2 heterocycles. The summed E-state index contributed by atoms with van der Waals surface area (Å²) in [5, 5.41) is 20.5. The summed E-state index contributed by atoms with van der Waals surface area (Å²) in [7, 11) is 0. The normalized spacial score (nSPS) is 14.5. The minimum Gasteiger partial charge on any atom is -0.390 e. The highest BCUT2D eigenvalue weighted by Gasteiger charge is 2.32. The summed E-state index contributed by atoms with van der Waals surface area (Å²) < 4.78 is 1.79. The second-order valence-corrected chi connectivity index (χ2v) is 5.98. The Morgan fingerprint density at radius 2 is 2.05 bits per heavy atom. The van der Waals surface area contributed by atoms with Gasteiger partial charge in [-0.2, -0.15) is 4.68 Å². The van der Waals surface area contributed by atoms with Crippen molar-refractivity contribution in [2.45, 2.75) is 25.4 Å². The Bertz CT molecular complexity index is 761. The maximum Gasteiger partial charge on any atom is 0.212 e. The van der Waals surface area contributed by atoms with E-state index in [0.29, 0.717) is 11.6 Å². The SMILES string of the molecule is OCc1nnn(-c2nc(-c3ccccc3)cs2)c1C1CC1. The van der Waals surface area contributed by atoms with Crippen molar-refractivity contribution in [2.24, 2.45) is 0 Å². The molecule has 0 aliphatic heterocycles. The number of rotatable bonds is 4. The first-order chi connectivity index (χ1) is 10.4. The predicted octanol–water partition coefficient (Wildman–Crippen LogP) is 2.76. The molecule has 0 atom stereocenters. The van der Waals surface area contributed by atoms with Gasteiger partial charge in [0.05, 0.1) is 18.0 Å². The third kappa shape index (κ3) is 2.26. The number of aromatic nitrogens is 4. The van der Waals surface area contributed by atoms with Crippen LogP contribution in [0.4, 0.5) is 0 Å². The summed E-state index contributed by atoms with van der Waals surface area (Å²) in [4.78, 5) is 4.67. The highest BCUT2D eigenvalue weighted by atomic mass is 32.1. The Labute approximate surface area is 125 Å². The van der Waals surface area contributed by atoms with Crippen LogP contribution in [-0.4, -0.2) is 25.1 Å². The largest absolute Gasteiger partial charge is 0.390 e. The molecule has 0 amide bonds. The van der Waals surface area contributed by atoms with Crippen molar-refractivity contribution in [3.8, 4) is 16.4 Å². The Balaban J connectivity index is 1.75. The van der Waals surface area contributed by atoms with Gasteiger partial charge in [-0.15, -0.1) is 16.4 Å². The van der Waals surface area contributed by atoms with Gasteiger partial charge in [-0.1, -0.05) is 35.5 Å². The summed E-state index contributed by atoms with van der Waals surface area (Å²) in [6.45, 7) is -0.0667. The Morgan fingerprint density at radius 1 is 1.24 bits per heavy atom. The molecule has 0 radical (unpaired) electrons. The van der Waals surface area contributed by atoms with Crippen LogP contribution in [0.3, 0.4) is 0 Å². The van der Waals surface area contributed by atoms with Gasteiger partial charge in [0.2, 0.25) is 5.13 Å². The van der Waals surface area contributed by atoms with Gasteiger partial charge in [0, 0.05) is 16.9 Å². The van der Waals surface area contributed by atoms with Gasteiger partial charge in [0.25, 0.3) is 0 Å². The van der Waals surface area contributed by atoms with Gasteiger partial charge < -0.3 is 5.11 Å². The molecule has 21 heavy (non-hydrogen) atoms. The van der Waals surface area contributed by atoms with E-state index in [1.54, 1.807) is 16.0 Å². The molecule has 106 valence electrons. The van der Waals surface area contributed by atoms with Crippen molar-refractivity contribution >= 4 is 11.3 Å². The van der Waals surface area contributed by atoms with Gasteiger partial charge in [0.15, 0.2) is 0 Å². The van der Waals surface area contributed by atoms with E-state index in [4.69, 9.17) is 0 Å². The average molecular weight is 298 g/mol. The van der Waals surface area contributed by atoms with Crippen molar-refractivity contribution in [1.29, 1.82) is 0 Å². The second kappa shape index (κ2) is 5.05. The van der Waals surface area contributed by atoms with Gasteiger partial charge in [0.1, 0.15) is 5.69 Å². The van der Waals surface area contributed by atoms with E-state index >= 15 is 0 Å². The Hall–Kier alpha value is -2.05. The molecule has 1 saturated carbocycles. The van der Waals surface area contributed by atoms with E-state index in [2.05, 4.69) is 15.3 Å². The number of hydrogen-bond donors (Lipinski definition) is 1. The molecule has 1 aliphatic carbocycles. The highest BCUT2D eigenvalue weighted by molar-refractivity contribution is 7.12. The smallest absolute Gasteiger partial charge is 0.212 e.